The summed E-state index contributed by atoms with van der Waals surface area (Å²) in [7, 11) is 0. The number of amides is 1. The van der Waals surface area contributed by atoms with Crippen molar-refractivity contribution in [1.29, 1.82) is 0 Å². The molecule has 1 aromatic carbocycles. The normalized spacial score (nSPS) is 10.6. The lowest BCUT2D eigenvalue weighted by Gasteiger charge is -2.12. The minimum Gasteiger partial charge on any atom is -0.466 e. The molecular formula is C14H13Cl3N2O2. The Labute approximate surface area is 137 Å². The first-order chi connectivity index (χ1) is 9.81. The monoisotopic (exact) mass is 346 g/mol. The van der Waals surface area contributed by atoms with Gasteiger partial charge in [-0.3, -0.25) is 15.6 Å². The van der Waals surface area contributed by atoms with Gasteiger partial charge >= 0.3 is 0 Å². The zero-order chi connectivity index (χ0) is 15.7. The predicted octanol–water partition coefficient (Wildman–Crippen LogP) is 4.92. The van der Waals surface area contributed by atoms with E-state index in [2.05, 4.69) is 10.9 Å². The van der Waals surface area contributed by atoms with Gasteiger partial charge in [-0.1, -0.05) is 34.8 Å². The van der Waals surface area contributed by atoms with Crippen LogP contribution in [-0.4, -0.2) is 5.91 Å². The molecule has 0 aliphatic heterocycles. The van der Waals surface area contributed by atoms with Crippen molar-refractivity contribution in [2.24, 2.45) is 0 Å². The zero-order valence-corrected chi connectivity index (χ0v) is 13.9. The predicted molar refractivity (Wildman–Crippen MR) is 85.5 cm³/mol. The Morgan fingerprint density at radius 1 is 1.05 bits per heavy atom. The van der Waals surface area contributed by atoms with E-state index in [0.29, 0.717) is 37.8 Å². The summed E-state index contributed by atoms with van der Waals surface area (Å²) in [4.78, 5) is 12.2. The van der Waals surface area contributed by atoms with Crippen molar-refractivity contribution in [3.05, 3.63) is 49.8 Å². The molecule has 0 saturated carbocycles. The van der Waals surface area contributed by atoms with E-state index < -0.39 is 0 Å². The second-order valence-electron chi connectivity index (χ2n) is 4.54. The van der Waals surface area contributed by atoms with Gasteiger partial charge in [-0.05, 0) is 32.9 Å². The lowest BCUT2D eigenvalue weighted by molar-refractivity contribution is 0.0960. The summed E-state index contributed by atoms with van der Waals surface area (Å²) in [5.41, 5.74) is 6.92. The second kappa shape index (κ2) is 6.18. The van der Waals surface area contributed by atoms with Crippen LogP contribution in [0.25, 0.3) is 0 Å². The van der Waals surface area contributed by atoms with Crippen LogP contribution in [0.15, 0.2) is 16.5 Å². The van der Waals surface area contributed by atoms with E-state index in [1.54, 1.807) is 13.8 Å². The molecule has 0 unspecified atom stereocenters. The molecule has 1 heterocycles. The van der Waals surface area contributed by atoms with Gasteiger partial charge in [-0.2, -0.15) is 0 Å². The summed E-state index contributed by atoms with van der Waals surface area (Å²) in [5, 5.41) is 1.04. The molecule has 1 amide bonds. The molecule has 112 valence electrons. The van der Waals surface area contributed by atoms with Crippen LogP contribution >= 0.6 is 34.8 Å². The number of aryl methyl sites for hydroxylation is 2. The van der Waals surface area contributed by atoms with Gasteiger partial charge in [0, 0.05) is 10.6 Å². The van der Waals surface area contributed by atoms with Crippen LogP contribution in [0.1, 0.15) is 27.4 Å². The fourth-order valence-corrected chi connectivity index (χ4v) is 2.88. The number of halogens is 3. The number of carbonyl (C=O) groups excluding carboxylic acids is 1. The topological polar surface area (TPSA) is 54.3 Å². The number of furan rings is 1. The molecule has 0 saturated heterocycles. The van der Waals surface area contributed by atoms with Crippen molar-refractivity contribution in [2.45, 2.75) is 20.8 Å². The van der Waals surface area contributed by atoms with Gasteiger partial charge in [-0.15, -0.1) is 0 Å². The molecule has 2 rings (SSSR count). The van der Waals surface area contributed by atoms with Gasteiger partial charge in [0.25, 0.3) is 5.91 Å². The van der Waals surface area contributed by atoms with E-state index in [0.717, 1.165) is 5.56 Å². The lowest BCUT2D eigenvalue weighted by atomic mass is 10.1. The van der Waals surface area contributed by atoms with Crippen molar-refractivity contribution >= 4 is 46.4 Å². The maximum atomic E-state index is 12.2. The Morgan fingerprint density at radius 3 is 2.10 bits per heavy atom. The summed E-state index contributed by atoms with van der Waals surface area (Å²) in [6, 6.07) is 3.06. The molecule has 0 spiro atoms. The zero-order valence-electron chi connectivity index (χ0n) is 11.6. The second-order valence-corrected chi connectivity index (χ2v) is 5.79. The lowest BCUT2D eigenvalue weighted by Crippen LogP contribution is -2.30. The van der Waals surface area contributed by atoms with Crippen molar-refractivity contribution in [3.8, 4) is 0 Å². The molecule has 0 aliphatic rings. The van der Waals surface area contributed by atoms with Crippen LogP contribution in [0.3, 0.4) is 0 Å². The number of hydrogen-bond donors (Lipinski definition) is 2. The Hall–Kier alpha value is -1.36. The van der Waals surface area contributed by atoms with Crippen molar-refractivity contribution in [3.63, 3.8) is 0 Å². The number of hydrazine groups is 1. The summed E-state index contributed by atoms with van der Waals surface area (Å²) in [5.74, 6) is 0.932. The van der Waals surface area contributed by atoms with E-state index in [1.165, 1.54) is 12.1 Å². The first kappa shape index (κ1) is 16.0. The first-order valence-corrected chi connectivity index (χ1v) is 7.22. The van der Waals surface area contributed by atoms with Crippen LogP contribution in [0.2, 0.25) is 15.1 Å². The molecule has 0 fully saturated rings. The quantitative estimate of drug-likeness (QED) is 0.775. The molecule has 1 aromatic heterocycles. The van der Waals surface area contributed by atoms with E-state index >= 15 is 0 Å². The molecule has 7 heteroatoms. The summed E-state index contributed by atoms with van der Waals surface area (Å²) in [6.45, 7) is 5.36. The minimum absolute atomic E-state index is 0.310. The highest BCUT2D eigenvalue weighted by Crippen LogP contribution is 2.33. The summed E-state index contributed by atoms with van der Waals surface area (Å²) < 4.78 is 5.42. The highest BCUT2D eigenvalue weighted by molar-refractivity contribution is 6.41. The van der Waals surface area contributed by atoms with E-state index in [1.807, 2.05) is 6.92 Å². The average Bonchev–Trinajstić information content (AvgIpc) is 2.61. The molecule has 0 radical (unpaired) electrons. The first-order valence-electron chi connectivity index (χ1n) is 6.08. The highest BCUT2D eigenvalue weighted by atomic mass is 35.5. The molecule has 21 heavy (non-hydrogen) atoms. The molecule has 2 aromatic rings. The maximum Gasteiger partial charge on any atom is 0.273 e. The summed E-state index contributed by atoms with van der Waals surface area (Å²) in [6.07, 6.45) is 0. The fourth-order valence-electron chi connectivity index (χ4n) is 1.97. The van der Waals surface area contributed by atoms with Crippen LogP contribution < -0.4 is 10.9 Å². The van der Waals surface area contributed by atoms with E-state index in [-0.39, 0.29) is 5.91 Å². The van der Waals surface area contributed by atoms with Crippen LogP contribution in [0.5, 0.6) is 0 Å². The smallest absolute Gasteiger partial charge is 0.273 e. The maximum absolute atomic E-state index is 12.2. The van der Waals surface area contributed by atoms with E-state index in [9.17, 15) is 4.79 Å². The molecule has 0 atom stereocenters. The van der Waals surface area contributed by atoms with Gasteiger partial charge < -0.3 is 4.42 Å². The average molecular weight is 348 g/mol. The third kappa shape index (κ3) is 3.28. The molecule has 4 nitrogen and oxygen atoms in total. The van der Waals surface area contributed by atoms with Crippen molar-refractivity contribution < 1.29 is 9.21 Å². The number of hydrogen-bond acceptors (Lipinski definition) is 3. The molecular weight excluding hydrogens is 335 g/mol. The number of benzene rings is 1. The SMILES string of the molecule is Cc1oc(C)c(C(=O)NNc2c(Cl)cc(Cl)cc2Cl)c1C. The fraction of sp³-hybridized carbons (Fsp3) is 0.214. The highest BCUT2D eigenvalue weighted by Gasteiger charge is 2.19. The van der Waals surface area contributed by atoms with Gasteiger partial charge in [0.05, 0.1) is 21.3 Å². The van der Waals surface area contributed by atoms with Crippen LogP contribution in [0.4, 0.5) is 5.69 Å². The third-order valence-corrected chi connectivity index (χ3v) is 3.91. The molecule has 0 bridgehead atoms. The van der Waals surface area contributed by atoms with Gasteiger partial charge in [-0.25, -0.2) is 0 Å². The van der Waals surface area contributed by atoms with Crippen molar-refractivity contribution in [1.82, 2.24) is 5.43 Å². The summed E-state index contributed by atoms with van der Waals surface area (Å²) >= 11 is 17.9. The Morgan fingerprint density at radius 2 is 1.62 bits per heavy atom. The number of carbonyl (C=O) groups is 1. The van der Waals surface area contributed by atoms with Crippen LogP contribution in [0, 0.1) is 20.8 Å². The van der Waals surface area contributed by atoms with Gasteiger partial charge in [0.2, 0.25) is 0 Å². The minimum atomic E-state index is -0.330. The van der Waals surface area contributed by atoms with E-state index in [4.69, 9.17) is 39.2 Å². The number of anilines is 1. The number of nitrogens with one attached hydrogen (secondary N) is 2. The third-order valence-electron chi connectivity index (χ3n) is 3.10. The Balaban J connectivity index is 2.19. The largest absolute Gasteiger partial charge is 0.466 e. The molecule has 2 N–H and O–H groups in total. The van der Waals surface area contributed by atoms with Gasteiger partial charge in [0.15, 0.2) is 0 Å². The number of rotatable bonds is 3. The Kier molecular flexibility index (Phi) is 4.71. The molecule has 0 aliphatic carbocycles. The Bertz CT molecular complexity index is 687. The van der Waals surface area contributed by atoms with Crippen molar-refractivity contribution in [2.75, 3.05) is 5.43 Å². The van der Waals surface area contributed by atoms with Gasteiger partial charge in [0.1, 0.15) is 11.5 Å². The standard InChI is InChI=1S/C14H13Cl3N2O2/c1-6-7(2)21-8(3)12(6)14(20)19-18-13-10(16)4-9(15)5-11(13)17/h4-5,18H,1-3H3,(H,19,20). The van der Waals surface area contributed by atoms with Crippen LogP contribution in [-0.2, 0) is 0 Å².